The molecule has 0 aromatic heterocycles. The number of hydrogen-bond acceptors (Lipinski definition) is 1. The summed E-state index contributed by atoms with van der Waals surface area (Å²) in [5.41, 5.74) is 4.97. The van der Waals surface area contributed by atoms with Gasteiger partial charge in [0, 0.05) is 0 Å². The molecule has 1 aliphatic rings. The van der Waals surface area contributed by atoms with Gasteiger partial charge in [-0.3, -0.25) is 0 Å². The average Bonchev–Trinajstić information content (AvgIpc) is 2.44. The Kier molecular flexibility index (Phi) is 3.55. The van der Waals surface area contributed by atoms with Crippen LogP contribution in [-0.4, -0.2) is 7.11 Å². The second-order valence-corrected chi connectivity index (χ2v) is 5.07. The molecule has 0 amide bonds. The van der Waals surface area contributed by atoms with Gasteiger partial charge in [-0.1, -0.05) is 29.8 Å². The van der Waals surface area contributed by atoms with Crippen molar-refractivity contribution in [1.82, 2.24) is 0 Å². The first-order valence-electron chi connectivity index (χ1n) is 6.90. The van der Waals surface area contributed by atoms with Crippen molar-refractivity contribution in [1.29, 1.82) is 0 Å². The minimum absolute atomic E-state index is 0.193. The number of ether oxygens (including phenoxy) is 1. The molecule has 0 spiro atoms. The van der Waals surface area contributed by atoms with Crippen molar-refractivity contribution < 1.29 is 9.13 Å². The number of hydrogen-bond donors (Lipinski definition) is 0. The van der Waals surface area contributed by atoms with Crippen LogP contribution in [0.5, 0.6) is 5.75 Å². The molecule has 2 aromatic rings. The van der Waals surface area contributed by atoms with Crippen LogP contribution in [0.2, 0.25) is 0 Å². The third kappa shape index (κ3) is 2.46. The maximum atomic E-state index is 13.1. The molecule has 1 saturated carbocycles. The summed E-state index contributed by atoms with van der Waals surface area (Å²) in [6.45, 7) is 0. The maximum absolute atomic E-state index is 13.1. The Morgan fingerprint density at radius 2 is 1.45 bits per heavy atom. The monoisotopic (exact) mass is 268 g/mol. The topological polar surface area (TPSA) is 9.23 Å². The van der Waals surface area contributed by atoms with Gasteiger partial charge in [0.1, 0.15) is 11.6 Å². The van der Waals surface area contributed by atoms with Crippen molar-refractivity contribution in [2.24, 2.45) is 0 Å². The molecular formula is C18H17FO. The molecule has 0 atom stereocenters. The highest BCUT2D eigenvalue weighted by atomic mass is 19.1. The van der Waals surface area contributed by atoms with Crippen LogP contribution in [0.4, 0.5) is 4.39 Å². The van der Waals surface area contributed by atoms with E-state index in [1.54, 1.807) is 7.11 Å². The van der Waals surface area contributed by atoms with E-state index < -0.39 is 0 Å². The lowest BCUT2D eigenvalue weighted by Crippen LogP contribution is -2.03. The van der Waals surface area contributed by atoms with E-state index in [0.29, 0.717) is 0 Å². The Labute approximate surface area is 118 Å². The number of methoxy groups -OCH3 is 1. The van der Waals surface area contributed by atoms with Gasteiger partial charge in [-0.2, -0.15) is 0 Å². The smallest absolute Gasteiger partial charge is 0.123 e. The van der Waals surface area contributed by atoms with Gasteiger partial charge in [0.15, 0.2) is 0 Å². The SMILES string of the molecule is COc1ccc(C(=C2CCC2)c2ccc(F)cc2)cc1. The molecule has 0 bridgehead atoms. The van der Waals surface area contributed by atoms with Gasteiger partial charge >= 0.3 is 0 Å². The van der Waals surface area contributed by atoms with E-state index in [2.05, 4.69) is 12.1 Å². The summed E-state index contributed by atoms with van der Waals surface area (Å²) in [6.07, 6.45) is 3.52. The molecule has 102 valence electrons. The predicted molar refractivity (Wildman–Crippen MR) is 79.3 cm³/mol. The second kappa shape index (κ2) is 5.49. The Hall–Kier alpha value is -2.09. The number of allylic oxidation sites excluding steroid dienone is 1. The van der Waals surface area contributed by atoms with Crippen LogP contribution in [0.1, 0.15) is 30.4 Å². The van der Waals surface area contributed by atoms with E-state index >= 15 is 0 Å². The van der Waals surface area contributed by atoms with Crippen LogP contribution < -0.4 is 4.74 Å². The zero-order valence-corrected chi connectivity index (χ0v) is 11.5. The lowest BCUT2D eigenvalue weighted by atomic mass is 9.82. The Morgan fingerprint density at radius 3 is 1.90 bits per heavy atom. The maximum Gasteiger partial charge on any atom is 0.123 e. The summed E-state index contributed by atoms with van der Waals surface area (Å²) in [4.78, 5) is 0. The fourth-order valence-corrected chi connectivity index (χ4v) is 2.55. The minimum atomic E-state index is -0.193. The molecular weight excluding hydrogens is 251 g/mol. The standard InChI is InChI=1S/C18H17FO/c1-20-17-11-7-15(8-12-17)18(13-3-2-4-13)14-5-9-16(19)10-6-14/h5-12H,2-4H2,1H3. The number of rotatable bonds is 3. The largest absolute Gasteiger partial charge is 0.497 e. The Bertz CT molecular complexity index is 617. The average molecular weight is 268 g/mol. The molecule has 2 aromatic carbocycles. The quantitative estimate of drug-likeness (QED) is 0.775. The zero-order chi connectivity index (χ0) is 13.9. The Morgan fingerprint density at radius 1 is 0.900 bits per heavy atom. The normalized spacial score (nSPS) is 13.8. The van der Waals surface area contributed by atoms with Gasteiger partial charge in [-0.15, -0.1) is 0 Å². The minimum Gasteiger partial charge on any atom is -0.497 e. The first-order valence-corrected chi connectivity index (χ1v) is 6.90. The summed E-state index contributed by atoms with van der Waals surface area (Å²) in [5, 5.41) is 0. The van der Waals surface area contributed by atoms with Crippen molar-refractivity contribution in [3.05, 3.63) is 71.0 Å². The van der Waals surface area contributed by atoms with E-state index in [1.807, 2.05) is 24.3 Å². The fraction of sp³-hybridized carbons (Fsp3) is 0.222. The molecule has 0 saturated heterocycles. The third-order valence-electron chi connectivity index (χ3n) is 3.82. The second-order valence-electron chi connectivity index (χ2n) is 5.07. The van der Waals surface area contributed by atoms with Gasteiger partial charge in [-0.05, 0) is 60.2 Å². The molecule has 0 radical (unpaired) electrons. The van der Waals surface area contributed by atoms with Crippen molar-refractivity contribution in [2.75, 3.05) is 7.11 Å². The van der Waals surface area contributed by atoms with Gasteiger partial charge < -0.3 is 4.74 Å². The van der Waals surface area contributed by atoms with Gasteiger partial charge in [0.2, 0.25) is 0 Å². The van der Waals surface area contributed by atoms with Crippen molar-refractivity contribution in [3.63, 3.8) is 0 Å². The first-order chi connectivity index (χ1) is 9.78. The van der Waals surface area contributed by atoms with Crippen LogP contribution in [0.25, 0.3) is 5.57 Å². The summed E-state index contributed by atoms with van der Waals surface area (Å²) < 4.78 is 18.3. The molecule has 1 nitrogen and oxygen atoms in total. The van der Waals surface area contributed by atoms with Crippen LogP contribution in [0.3, 0.4) is 0 Å². The van der Waals surface area contributed by atoms with Crippen LogP contribution in [0.15, 0.2) is 54.1 Å². The predicted octanol–water partition coefficient (Wildman–Crippen LogP) is 4.82. The highest BCUT2D eigenvalue weighted by Gasteiger charge is 2.17. The van der Waals surface area contributed by atoms with E-state index in [4.69, 9.17) is 4.74 Å². The van der Waals surface area contributed by atoms with E-state index in [0.717, 1.165) is 24.2 Å². The number of benzene rings is 2. The Balaban J connectivity index is 2.04. The molecule has 2 heteroatoms. The van der Waals surface area contributed by atoms with Crippen LogP contribution in [-0.2, 0) is 0 Å². The van der Waals surface area contributed by atoms with Crippen molar-refractivity contribution in [2.45, 2.75) is 19.3 Å². The molecule has 20 heavy (non-hydrogen) atoms. The van der Waals surface area contributed by atoms with Crippen LogP contribution in [0, 0.1) is 5.82 Å². The zero-order valence-electron chi connectivity index (χ0n) is 11.5. The summed E-state index contributed by atoms with van der Waals surface area (Å²) >= 11 is 0. The molecule has 0 heterocycles. The van der Waals surface area contributed by atoms with Gasteiger partial charge in [0.25, 0.3) is 0 Å². The fourth-order valence-electron chi connectivity index (χ4n) is 2.55. The molecule has 0 unspecified atom stereocenters. The number of halogens is 1. The molecule has 3 rings (SSSR count). The molecule has 0 aliphatic heterocycles. The van der Waals surface area contributed by atoms with E-state index in [1.165, 1.54) is 35.3 Å². The summed E-state index contributed by atoms with van der Waals surface area (Å²) in [5.74, 6) is 0.659. The van der Waals surface area contributed by atoms with Crippen LogP contribution >= 0.6 is 0 Å². The van der Waals surface area contributed by atoms with Gasteiger partial charge in [0.05, 0.1) is 7.11 Å². The highest BCUT2D eigenvalue weighted by Crippen LogP contribution is 2.37. The lowest BCUT2D eigenvalue weighted by molar-refractivity contribution is 0.415. The highest BCUT2D eigenvalue weighted by molar-refractivity contribution is 5.83. The third-order valence-corrected chi connectivity index (χ3v) is 3.82. The van der Waals surface area contributed by atoms with Crippen molar-refractivity contribution >= 4 is 5.57 Å². The lowest BCUT2D eigenvalue weighted by Gasteiger charge is -2.23. The first kappa shape index (κ1) is 12.9. The molecule has 1 aliphatic carbocycles. The van der Waals surface area contributed by atoms with Crippen molar-refractivity contribution in [3.8, 4) is 5.75 Å². The van der Waals surface area contributed by atoms with E-state index in [9.17, 15) is 4.39 Å². The summed E-state index contributed by atoms with van der Waals surface area (Å²) in [6, 6.07) is 14.9. The summed E-state index contributed by atoms with van der Waals surface area (Å²) in [7, 11) is 1.67. The molecule has 1 fully saturated rings. The van der Waals surface area contributed by atoms with Gasteiger partial charge in [-0.25, -0.2) is 4.39 Å². The van der Waals surface area contributed by atoms with E-state index in [-0.39, 0.29) is 5.82 Å². The molecule has 0 N–H and O–H groups in total.